The van der Waals surface area contributed by atoms with Gasteiger partial charge in [0.2, 0.25) is 0 Å². The SMILES string of the molecule is CCc1csc(NC(=O)N[C@@H](C)[C@@H]2CCCO2)n1. The maximum atomic E-state index is 11.8. The van der Waals surface area contributed by atoms with Crippen LogP contribution >= 0.6 is 11.3 Å². The van der Waals surface area contributed by atoms with Gasteiger partial charge in [0.05, 0.1) is 17.8 Å². The molecule has 1 aliphatic rings. The highest BCUT2D eigenvalue weighted by molar-refractivity contribution is 7.13. The second kappa shape index (κ2) is 6.15. The Balaban J connectivity index is 1.80. The van der Waals surface area contributed by atoms with E-state index in [0.29, 0.717) is 5.13 Å². The number of nitrogens with one attached hydrogen (secondary N) is 2. The monoisotopic (exact) mass is 269 g/mol. The first-order chi connectivity index (χ1) is 8.69. The van der Waals surface area contributed by atoms with E-state index < -0.39 is 0 Å². The van der Waals surface area contributed by atoms with Gasteiger partial charge in [-0.25, -0.2) is 9.78 Å². The number of aromatic nitrogens is 1. The van der Waals surface area contributed by atoms with Gasteiger partial charge in [-0.2, -0.15) is 0 Å². The van der Waals surface area contributed by atoms with Gasteiger partial charge < -0.3 is 10.1 Å². The number of hydrogen-bond acceptors (Lipinski definition) is 4. The van der Waals surface area contributed by atoms with Crippen LogP contribution in [0.25, 0.3) is 0 Å². The topological polar surface area (TPSA) is 63.2 Å². The van der Waals surface area contributed by atoms with Crippen molar-refractivity contribution in [1.29, 1.82) is 0 Å². The summed E-state index contributed by atoms with van der Waals surface area (Å²) < 4.78 is 5.53. The van der Waals surface area contributed by atoms with Crippen LogP contribution < -0.4 is 10.6 Å². The standard InChI is InChI=1S/C12H19N3O2S/c1-3-9-7-18-12(14-9)15-11(16)13-8(2)10-5-4-6-17-10/h7-8,10H,3-6H2,1-2H3,(H2,13,14,15,16)/t8-,10-/m0/s1. The van der Waals surface area contributed by atoms with Crippen molar-refractivity contribution in [2.45, 2.75) is 45.3 Å². The van der Waals surface area contributed by atoms with Crippen molar-refractivity contribution in [2.24, 2.45) is 0 Å². The second-order valence-corrected chi connectivity index (χ2v) is 5.29. The summed E-state index contributed by atoms with van der Waals surface area (Å²) >= 11 is 1.45. The molecule has 1 saturated heterocycles. The number of hydrogen-bond donors (Lipinski definition) is 2. The number of rotatable bonds is 4. The van der Waals surface area contributed by atoms with Crippen LogP contribution in [0.5, 0.6) is 0 Å². The number of amides is 2. The highest BCUT2D eigenvalue weighted by Crippen LogP contribution is 2.17. The summed E-state index contributed by atoms with van der Waals surface area (Å²) in [5.74, 6) is 0. The summed E-state index contributed by atoms with van der Waals surface area (Å²) in [5, 5.41) is 8.24. The zero-order valence-electron chi connectivity index (χ0n) is 10.7. The smallest absolute Gasteiger partial charge is 0.321 e. The van der Waals surface area contributed by atoms with Crippen molar-refractivity contribution in [3.8, 4) is 0 Å². The summed E-state index contributed by atoms with van der Waals surface area (Å²) in [4.78, 5) is 16.1. The van der Waals surface area contributed by atoms with Crippen molar-refractivity contribution in [3.63, 3.8) is 0 Å². The molecule has 6 heteroatoms. The van der Waals surface area contributed by atoms with Crippen LogP contribution in [0.2, 0.25) is 0 Å². The highest BCUT2D eigenvalue weighted by atomic mass is 32.1. The van der Waals surface area contributed by atoms with Crippen molar-refractivity contribution >= 4 is 22.5 Å². The summed E-state index contributed by atoms with van der Waals surface area (Å²) in [6, 6.07) is -0.187. The van der Waals surface area contributed by atoms with Crippen LogP contribution in [0.15, 0.2) is 5.38 Å². The summed E-state index contributed by atoms with van der Waals surface area (Å²) in [6.45, 7) is 4.80. The molecule has 0 bridgehead atoms. The third kappa shape index (κ3) is 3.43. The molecule has 1 aliphatic heterocycles. The minimum atomic E-state index is -0.213. The van der Waals surface area contributed by atoms with Gasteiger partial charge >= 0.3 is 6.03 Å². The van der Waals surface area contributed by atoms with Crippen molar-refractivity contribution in [2.75, 3.05) is 11.9 Å². The molecule has 2 N–H and O–H groups in total. The predicted octanol–water partition coefficient (Wildman–Crippen LogP) is 2.39. The predicted molar refractivity (Wildman–Crippen MR) is 72.1 cm³/mol. The number of thiazole rings is 1. The lowest BCUT2D eigenvalue weighted by atomic mass is 10.1. The Hall–Kier alpha value is -1.14. The van der Waals surface area contributed by atoms with E-state index in [0.717, 1.165) is 31.6 Å². The number of carbonyl (C=O) groups is 1. The number of ether oxygens (including phenoxy) is 1. The van der Waals surface area contributed by atoms with E-state index in [4.69, 9.17) is 4.74 Å². The van der Waals surface area contributed by atoms with Gasteiger partial charge in [-0.05, 0) is 26.2 Å². The quantitative estimate of drug-likeness (QED) is 0.882. The van der Waals surface area contributed by atoms with E-state index in [2.05, 4.69) is 15.6 Å². The van der Waals surface area contributed by atoms with Gasteiger partial charge in [-0.15, -0.1) is 11.3 Å². The number of aryl methyl sites for hydroxylation is 1. The summed E-state index contributed by atoms with van der Waals surface area (Å²) in [7, 11) is 0. The van der Waals surface area contributed by atoms with E-state index in [1.165, 1.54) is 11.3 Å². The molecule has 0 aromatic carbocycles. The van der Waals surface area contributed by atoms with E-state index in [1.807, 2.05) is 19.2 Å². The first kappa shape index (κ1) is 13.3. The first-order valence-electron chi connectivity index (χ1n) is 6.32. The molecular formula is C12H19N3O2S. The fourth-order valence-electron chi connectivity index (χ4n) is 1.96. The van der Waals surface area contributed by atoms with Gasteiger partial charge in [0.25, 0.3) is 0 Å². The Kier molecular flexibility index (Phi) is 4.54. The highest BCUT2D eigenvalue weighted by Gasteiger charge is 2.23. The molecule has 2 heterocycles. The summed E-state index contributed by atoms with van der Waals surface area (Å²) in [5.41, 5.74) is 1.00. The molecule has 0 aliphatic carbocycles. The molecule has 100 valence electrons. The Labute approximate surface area is 111 Å². The van der Waals surface area contributed by atoms with Gasteiger partial charge in [-0.3, -0.25) is 5.32 Å². The van der Waals surface area contributed by atoms with E-state index in [-0.39, 0.29) is 18.2 Å². The fourth-order valence-corrected chi connectivity index (χ4v) is 2.75. The minimum Gasteiger partial charge on any atom is -0.376 e. The minimum absolute atomic E-state index is 0.0260. The van der Waals surface area contributed by atoms with Crippen LogP contribution in [0.3, 0.4) is 0 Å². The molecule has 18 heavy (non-hydrogen) atoms. The van der Waals surface area contributed by atoms with Crippen molar-refractivity contribution < 1.29 is 9.53 Å². The fraction of sp³-hybridized carbons (Fsp3) is 0.667. The van der Waals surface area contributed by atoms with E-state index >= 15 is 0 Å². The lowest BCUT2D eigenvalue weighted by Crippen LogP contribution is -2.42. The molecule has 2 rings (SSSR count). The van der Waals surface area contributed by atoms with Crippen LogP contribution in [0.1, 0.15) is 32.4 Å². The molecule has 0 spiro atoms. The molecule has 0 saturated carbocycles. The average molecular weight is 269 g/mol. The van der Waals surface area contributed by atoms with Crippen LogP contribution in [-0.2, 0) is 11.2 Å². The largest absolute Gasteiger partial charge is 0.376 e. The number of anilines is 1. The first-order valence-corrected chi connectivity index (χ1v) is 7.20. The molecule has 1 aromatic heterocycles. The van der Waals surface area contributed by atoms with Crippen LogP contribution in [0, 0.1) is 0 Å². The molecule has 1 fully saturated rings. The van der Waals surface area contributed by atoms with Gasteiger partial charge in [0.1, 0.15) is 0 Å². The molecule has 1 aromatic rings. The molecular weight excluding hydrogens is 250 g/mol. The van der Waals surface area contributed by atoms with E-state index in [1.54, 1.807) is 0 Å². The molecule has 0 radical (unpaired) electrons. The number of carbonyl (C=O) groups excluding carboxylic acids is 1. The van der Waals surface area contributed by atoms with E-state index in [9.17, 15) is 4.79 Å². The lowest BCUT2D eigenvalue weighted by molar-refractivity contribution is 0.0868. The van der Waals surface area contributed by atoms with Gasteiger partial charge in [0.15, 0.2) is 5.13 Å². The maximum Gasteiger partial charge on any atom is 0.321 e. The zero-order chi connectivity index (χ0) is 13.0. The van der Waals surface area contributed by atoms with Crippen molar-refractivity contribution in [3.05, 3.63) is 11.1 Å². The Morgan fingerprint density at radius 2 is 2.56 bits per heavy atom. The van der Waals surface area contributed by atoms with Crippen LogP contribution in [-0.4, -0.2) is 29.8 Å². The Morgan fingerprint density at radius 3 is 3.17 bits per heavy atom. The lowest BCUT2D eigenvalue weighted by Gasteiger charge is -2.19. The molecule has 2 atom stereocenters. The van der Waals surface area contributed by atoms with Crippen molar-refractivity contribution in [1.82, 2.24) is 10.3 Å². The number of nitrogens with zero attached hydrogens (tertiary/aromatic N) is 1. The molecule has 5 nitrogen and oxygen atoms in total. The van der Waals surface area contributed by atoms with Gasteiger partial charge in [-0.1, -0.05) is 6.92 Å². The Morgan fingerprint density at radius 1 is 1.72 bits per heavy atom. The third-order valence-electron chi connectivity index (χ3n) is 3.02. The molecule has 0 unspecified atom stereocenters. The Bertz CT molecular complexity index is 402. The van der Waals surface area contributed by atoms with Crippen LogP contribution in [0.4, 0.5) is 9.93 Å². The maximum absolute atomic E-state index is 11.8. The zero-order valence-corrected chi connectivity index (χ0v) is 11.5. The average Bonchev–Trinajstić information content (AvgIpc) is 2.98. The second-order valence-electron chi connectivity index (χ2n) is 4.44. The van der Waals surface area contributed by atoms with Gasteiger partial charge in [0, 0.05) is 12.0 Å². The normalized spacial score (nSPS) is 20.7. The molecule has 2 amide bonds. The number of urea groups is 1. The summed E-state index contributed by atoms with van der Waals surface area (Å²) in [6.07, 6.45) is 3.10. The third-order valence-corrected chi connectivity index (χ3v) is 3.82.